The van der Waals surface area contributed by atoms with Crippen LogP contribution >= 0.6 is 34.2 Å². The molecule has 0 saturated heterocycles. The molecular weight excluding hydrogens is 386 g/mol. The summed E-state index contributed by atoms with van der Waals surface area (Å²) in [6.07, 6.45) is 1.18. The maximum Gasteiger partial charge on any atom is 0.339 e. The lowest BCUT2D eigenvalue weighted by atomic mass is 10.2. The van der Waals surface area contributed by atoms with Gasteiger partial charge in [-0.25, -0.2) is 9.78 Å². The molecule has 1 aromatic heterocycles. The molecule has 0 radical (unpaired) electrons. The number of hydrogen-bond acceptors (Lipinski definition) is 4. The summed E-state index contributed by atoms with van der Waals surface area (Å²) in [6.45, 7) is 0. The molecule has 8 heteroatoms. The standard InChI is InChI=1S/C11H6ClIN2O4/c12-5-1-2-7(6(3-5)11(17)18)19-10-8(13)9(16)14-4-15-10/h1-4H,(H,17,18)(H,14,15,16). The van der Waals surface area contributed by atoms with Gasteiger partial charge in [-0.05, 0) is 40.8 Å². The van der Waals surface area contributed by atoms with Gasteiger partial charge in [0, 0.05) is 5.02 Å². The van der Waals surface area contributed by atoms with E-state index < -0.39 is 5.97 Å². The number of ether oxygens (including phenoxy) is 1. The number of aromatic amines is 1. The third kappa shape index (κ3) is 3.04. The number of nitrogens with one attached hydrogen (secondary N) is 1. The van der Waals surface area contributed by atoms with Crippen LogP contribution in [-0.2, 0) is 0 Å². The minimum atomic E-state index is -1.18. The van der Waals surface area contributed by atoms with Crippen molar-refractivity contribution in [1.82, 2.24) is 9.97 Å². The van der Waals surface area contributed by atoms with E-state index in [0.717, 1.165) is 0 Å². The summed E-state index contributed by atoms with van der Waals surface area (Å²) in [5.74, 6) is -1.08. The molecule has 0 aliphatic heterocycles. The van der Waals surface area contributed by atoms with Crippen molar-refractivity contribution in [3.05, 3.63) is 49.0 Å². The monoisotopic (exact) mass is 392 g/mol. The first-order valence-electron chi connectivity index (χ1n) is 4.93. The van der Waals surface area contributed by atoms with Gasteiger partial charge in [0.05, 0.1) is 6.33 Å². The van der Waals surface area contributed by atoms with E-state index in [2.05, 4.69) is 9.97 Å². The zero-order chi connectivity index (χ0) is 14.0. The maximum atomic E-state index is 11.4. The second-order valence-electron chi connectivity index (χ2n) is 3.40. The second-order valence-corrected chi connectivity index (χ2v) is 4.91. The Morgan fingerprint density at radius 2 is 2.21 bits per heavy atom. The Bertz CT molecular complexity index is 701. The Kier molecular flexibility index (Phi) is 4.05. The number of H-pyrrole nitrogens is 1. The number of nitrogens with zero attached hydrogens (tertiary/aromatic N) is 1. The lowest BCUT2D eigenvalue weighted by Gasteiger charge is -2.08. The Hall–Kier alpha value is -1.61. The highest BCUT2D eigenvalue weighted by Crippen LogP contribution is 2.28. The second kappa shape index (κ2) is 5.57. The number of halogens is 2. The fraction of sp³-hybridized carbons (Fsp3) is 0. The molecule has 0 aliphatic rings. The Balaban J connectivity index is 2.46. The van der Waals surface area contributed by atoms with Crippen molar-refractivity contribution >= 4 is 40.2 Å². The number of hydrogen-bond donors (Lipinski definition) is 2. The van der Waals surface area contributed by atoms with E-state index in [-0.39, 0.29) is 31.3 Å². The van der Waals surface area contributed by atoms with Crippen molar-refractivity contribution in [2.75, 3.05) is 0 Å². The van der Waals surface area contributed by atoms with Gasteiger partial charge >= 0.3 is 5.97 Å². The van der Waals surface area contributed by atoms with Crippen molar-refractivity contribution in [2.45, 2.75) is 0 Å². The predicted octanol–water partition coefficient (Wildman–Crippen LogP) is 2.52. The smallest absolute Gasteiger partial charge is 0.339 e. The van der Waals surface area contributed by atoms with Gasteiger partial charge < -0.3 is 14.8 Å². The third-order valence-electron chi connectivity index (χ3n) is 2.14. The molecule has 1 aromatic carbocycles. The highest BCUT2D eigenvalue weighted by atomic mass is 127. The molecule has 0 aliphatic carbocycles. The number of carboxylic acid groups (broad SMARTS) is 1. The summed E-state index contributed by atoms with van der Waals surface area (Å²) in [6, 6.07) is 4.16. The molecule has 2 aromatic rings. The van der Waals surface area contributed by atoms with Crippen LogP contribution in [0, 0.1) is 3.57 Å². The van der Waals surface area contributed by atoms with E-state index in [1.807, 2.05) is 0 Å². The SMILES string of the molecule is O=C(O)c1cc(Cl)ccc1Oc1nc[nH]c(=O)c1I. The van der Waals surface area contributed by atoms with E-state index in [1.54, 1.807) is 22.6 Å². The molecule has 0 bridgehead atoms. The van der Waals surface area contributed by atoms with Gasteiger partial charge in [0.25, 0.3) is 5.56 Å². The number of carboxylic acids is 1. The highest BCUT2D eigenvalue weighted by Gasteiger charge is 2.15. The topological polar surface area (TPSA) is 92.3 Å². The Morgan fingerprint density at radius 1 is 1.47 bits per heavy atom. The van der Waals surface area contributed by atoms with Crippen LogP contribution < -0.4 is 10.3 Å². The van der Waals surface area contributed by atoms with Gasteiger partial charge in [-0.3, -0.25) is 4.79 Å². The van der Waals surface area contributed by atoms with Gasteiger partial charge in [0.1, 0.15) is 14.9 Å². The maximum absolute atomic E-state index is 11.4. The van der Waals surface area contributed by atoms with Gasteiger partial charge in [0.2, 0.25) is 5.88 Å². The molecular formula is C11H6ClIN2O4. The first-order valence-corrected chi connectivity index (χ1v) is 6.38. The highest BCUT2D eigenvalue weighted by molar-refractivity contribution is 14.1. The van der Waals surface area contributed by atoms with E-state index in [0.29, 0.717) is 0 Å². The van der Waals surface area contributed by atoms with E-state index in [1.165, 1.54) is 24.5 Å². The molecule has 2 N–H and O–H groups in total. The van der Waals surface area contributed by atoms with Gasteiger partial charge in [-0.2, -0.15) is 0 Å². The van der Waals surface area contributed by atoms with E-state index in [4.69, 9.17) is 21.4 Å². The fourth-order valence-corrected chi connectivity index (χ4v) is 1.88. The van der Waals surface area contributed by atoms with Gasteiger partial charge in [-0.1, -0.05) is 11.6 Å². The average Bonchev–Trinajstić information content (AvgIpc) is 2.36. The first kappa shape index (κ1) is 13.8. The van der Waals surface area contributed by atoms with Crippen LogP contribution in [-0.4, -0.2) is 21.0 Å². The largest absolute Gasteiger partial charge is 0.478 e. The average molecular weight is 393 g/mol. The van der Waals surface area contributed by atoms with Crippen LogP contribution in [0.25, 0.3) is 0 Å². The van der Waals surface area contributed by atoms with Crippen molar-refractivity contribution < 1.29 is 14.6 Å². The number of benzene rings is 1. The van der Waals surface area contributed by atoms with Crippen molar-refractivity contribution in [2.24, 2.45) is 0 Å². The number of aromatic carboxylic acids is 1. The van der Waals surface area contributed by atoms with Crippen LogP contribution in [0.4, 0.5) is 0 Å². The molecule has 1 heterocycles. The third-order valence-corrected chi connectivity index (χ3v) is 3.33. The molecule has 0 spiro atoms. The number of carbonyl (C=O) groups is 1. The molecule has 2 rings (SSSR count). The quantitative estimate of drug-likeness (QED) is 0.783. The van der Waals surface area contributed by atoms with Gasteiger partial charge in [0.15, 0.2) is 0 Å². The number of rotatable bonds is 3. The van der Waals surface area contributed by atoms with Crippen LogP contribution in [0.2, 0.25) is 5.02 Å². The van der Waals surface area contributed by atoms with Crippen LogP contribution in [0.1, 0.15) is 10.4 Å². The lowest BCUT2D eigenvalue weighted by Crippen LogP contribution is -2.12. The van der Waals surface area contributed by atoms with Crippen molar-refractivity contribution in [1.29, 1.82) is 0 Å². The minimum absolute atomic E-state index is 0.0363. The molecule has 0 fully saturated rings. The van der Waals surface area contributed by atoms with E-state index in [9.17, 15) is 9.59 Å². The van der Waals surface area contributed by atoms with Gasteiger partial charge in [-0.15, -0.1) is 0 Å². The predicted molar refractivity (Wildman–Crippen MR) is 76.1 cm³/mol. The summed E-state index contributed by atoms with van der Waals surface area (Å²) in [5.41, 5.74) is -0.471. The van der Waals surface area contributed by atoms with E-state index >= 15 is 0 Å². The fourth-order valence-electron chi connectivity index (χ4n) is 1.30. The molecule has 98 valence electrons. The Labute approximate surface area is 125 Å². The zero-order valence-corrected chi connectivity index (χ0v) is 12.1. The first-order chi connectivity index (χ1) is 8.99. The molecule has 19 heavy (non-hydrogen) atoms. The summed E-state index contributed by atoms with van der Waals surface area (Å²) < 4.78 is 5.59. The zero-order valence-electron chi connectivity index (χ0n) is 9.18. The summed E-state index contributed by atoms with van der Waals surface area (Å²) in [4.78, 5) is 28.7. The van der Waals surface area contributed by atoms with Crippen LogP contribution in [0.5, 0.6) is 11.6 Å². The molecule has 0 atom stereocenters. The summed E-state index contributed by atoms with van der Waals surface area (Å²) in [7, 11) is 0. The molecule has 0 amide bonds. The van der Waals surface area contributed by atoms with Crippen molar-refractivity contribution in [3.8, 4) is 11.6 Å². The molecule has 6 nitrogen and oxygen atoms in total. The van der Waals surface area contributed by atoms with Crippen LogP contribution in [0.3, 0.4) is 0 Å². The normalized spacial score (nSPS) is 10.2. The lowest BCUT2D eigenvalue weighted by molar-refractivity contribution is 0.0694. The van der Waals surface area contributed by atoms with Crippen molar-refractivity contribution in [3.63, 3.8) is 0 Å². The summed E-state index contributed by atoms with van der Waals surface area (Å²) in [5, 5.41) is 9.34. The summed E-state index contributed by atoms with van der Waals surface area (Å²) >= 11 is 7.49. The number of aromatic nitrogens is 2. The minimum Gasteiger partial charge on any atom is -0.478 e. The Morgan fingerprint density at radius 3 is 2.89 bits per heavy atom. The molecule has 0 saturated carbocycles. The van der Waals surface area contributed by atoms with Crippen LogP contribution in [0.15, 0.2) is 29.3 Å². The molecule has 0 unspecified atom stereocenters.